The van der Waals surface area contributed by atoms with Crippen LogP contribution in [-0.4, -0.2) is 57.2 Å². The number of unbranched alkanes of at least 4 members (excludes halogenated alkanes) is 23. The molecule has 1 N–H and O–H groups in total. The van der Waals surface area contributed by atoms with Crippen molar-refractivity contribution in [1.29, 1.82) is 0 Å². The van der Waals surface area contributed by atoms with Crippen LogP contribution in [0.1, 0.15) is 259 Å². The molecular weight excluding hydrogens is 743 g/mol. The van der Waals surface area contributed by atoms with E-state index in [1.54, 1.807) is 0 Å². The smallest absolute Gasteiger partial charge is 0.306 e. The van der Waals surface area contributed by atoms with Crippen molar-refractivity contribution >= 4 is 17.3 Å². The fraction of sp³-hybridized carbons (Fsp3) is 0.906. The summed E-state index contributed by atoms with van der Waals surface area (Å²) in [6.07, 6.45) is 43.4. The second-order valence-corrected chi connectivity index (χ2v) is 19.0. The van der Waals surface area contributed by atoms with Crippen LogP contribution in [-0.2, 0) is 9.53 Å². The normalized spacial score (nSPS) is 12.3. The van der Waals surface area contributed by atoms with Crippen LogP contribution in [0.2, 0.25) is 0 Å². The van der Waals surface area contributed by atoms with Gasteiger partial charge in [0.15, 0.2) is 0 Å². The Bertz CT molecular complexity index is 1160. The number of carbonyl (C=O) groups is 1. The highest BCUT2D eigenvalue weighted by Crippen LogP contribution is 2.25. The third-order valence-electron chi connectivity index (χ3n) is 12.9. The minimum Gasteiger partial charge on any atom is -0.462 e. The molecule has 7 heteroatoms. The second-order valence-electron chi connectivity index (χ2n) is 19.0. The number of hydrogen-bond donors (Lipinski definition) is 1. The molecule has 0 fully saturated rings. The molecule has 0 aliphatic heterocycles. The van der Waals surface area contributed by atoms with Crippen LogP contribution in [0.5, 0.6) is 0 Å². The Kier molecular flexibility index (Phi) is 37.3. The van der Waals surface area contributed by atoms with Crippen LogP contribution < -0.4 is 21.1 Å². The molecule has 352 valence electrons. The van der Waals surface area contributed by atoms with Gasteiger partial charge in [-0.15, -0.1) is 0 Å². The number of ether oxygens (including phenoxy) is 1. The van der Waals surface area contributed by atoms with E-state index in [0.29, 0.717) is 17.8 Å². The van der Waals surface area contributed by atoms with Crippen LogP contribution in [0.4, 0.5) is 11.4 Å². The lowest BCUT2D eigenvalue weighted by Crippen LogP contribution is -2.43. The first kappa shape index (κ1) is 56.1. The van der Waals surface area contributed by atoms with Crippen LogP contribution in [0.25, 0.3) is 0 Å². The monoisotopic (exact) mass is 844 g/mol. The van der Waals surface area contributed by atoms with E-state index in [2.05, 4.69) is 56.9 Å². The van der Waals surface area contributed by atoms with Gasteiger partial charge in [0, 0.05) is 26.1 Å². The third-order valence-corrected chi connectivity index (χ3v) is 12.9. The number of hydrogen-bond acceptors (Lipinski definition) is 7. The lowest BCUT2D eigenvalue weighted by molar-refractivity contribution is -0.150. The second kappa shape index (κ2) is 39.9. The van der Waals surface area contributed by atoms with Gasteiger partial charge in [0.2, 0.25) is 0 Å². The molecule has 0 heterocycles. The zero-order valence-corrected chi connectivity index (χ0v) is 41.0. The van der Waals surface area contributed by atoms with Gasteiger partial charge >= 0.3 is 5.97 Å². The summed E-state index contributed by atoms with van der Waals surface area (Å²) in [5.74, 6) is 0.888. The molecule has 60 heavy (non-hydrogen) atoms. The average Bonchev–Trinajstić information content (AvgIpc) is 3.23. The van der Waals surface area contributed by atoms with E-state index >= 15 is 0 Å². The Morgan fingerprint density at radius 3 is 1.40 bits per heavy atom. The summed E-state index contributed by atoms with van der Waals surface area (Å²) < 4.78 is 6.09. The highest BCUT2D eigenvalue weighted by atomic mass is 16.5. The maximum Gasteiger partial charge on any atom is 0.306 e. The van der Waals surface area contributed by atoms with E-state index in [-0.39, 0.29) is 22.9 Å². The molecule has 1 unspecified atom stereocenters. The van der Waals surface area contributed by atoms with Crippen molar-refractivity contribution in [3.8, 4) is 0 Å². The van der Waals surface area contributed by atoms with Crippen LogP contribution in [0.3, 0.4) is 0 Å². The SMILES string of the molecule is CCCCCCCCC(CCCCCCCC)OC(=O)CCCCCCCN(CCCCCCCC(CCC)CCCCCCC)c1c(NCCCCN(C)C)c(=O)c1=O. The van der Waals surface area contributed by atoms with Crippen molar-refractivity contribution in [3.63, 3.8) is 0 Å². The lowest BCUT2D eigenvalue weighted by Gasteiger charge is -2.28. The van der Waals surface area contributed by atoms with Crippen molar-refractivity contribution in [2.24, 2.45) is 5.92 Å². The largest absolute Gasteiger partial charge is 0.462 e. The van der Waals surface area contributed by atoms with Crippen LogP contribution in [0.15, 0.2) is 9.59 Å². The summed E-state index contributed by atoms with van der Waals surface area (Å²) in [6, 6.07) is 0. The molecule has 1 aromatic carbocycles. The molecule has 0 radical (unpaired) electrons. The van der Waals surface area contributed by atoms with E-state index in [4.69, 9.17) is 4.74 Å². The fourth-order valence-corrected chi connectivity index (χ4v) is 9.01. The number of nitrogens with zero attached hydrogens (tertiary/aromatic N) is 2. The molecule has 0 aliphatic carbocycles. The first-order chi connectivity index (χ1) is 29.3. The molecule has 0 aromatic heterocycles. The van der Waals surface area contributed by atoms with Gasteiger partial charge in [-0.05, 0) is 84.3 Å². The Morgan fingerprint density at radius 2 is 0.917 bits per heavy atom. The maximum atomic E-state index is 13.0. The Morgan fingerprint density at radius 1 is 0.483 bits per heavy atom. The molecule has 1 atom stereocenters. The number of carbonyl (C=O) groups excluding carboxylic acids is 1. The van der Waals surface area contributed by atoms with E-state index in [1.165, 1.54) is 161 Å². The highest BCUT2D eigenvalue weighted by molar-refractivity contribution is 5.75. The molecule has 0 saturated carbocycles. The Hall–Kier alpha value is -1.89. The topological polar surface area (TPSA) is 79.0 Å². The van der Waals surface area contributed by atoms with E-state index in [1.807, 2.05) is 0 Å². The summed E-state index contributed by atoms with van der Waals surface area (Å²) in [5.41, 5.74) is 0.523. The minimum atomic E-state index is -0.345. The fourth-order valence-electron chi connectivity index (χ4n) is 9.01. The zero-order chi connectivity index (χ0) is 43.9. The molecule has 1 aromatic rings. The first-order valence-corrected chi connectivity index (χ1v) is 26.4. The van der Waals surface area contributed by atoms with Gasteiger partial charge in [-0.1, -0.05) is 195 Å². The highest BCUT2D eigenvalue weighted by Gasteiger charge is 2.25. The van der Waals surface area contributed by atoms with Gasteiger partial charge < -0.3 is 19.9 Å². The third kappa shape index (κ3) is 29.4. The molecule has 0 aliphatic rings. The lowest BCUT2D eigenvalue weighted by atomic mass is 9.91. The quantitative estimate of drug-likeness (QED) is 0.0398. The standard InChI is InChI=1S/C53H101N3O4/c1-7-11-14-17-23-30-40-48(41-31-24-18-15-12-8-2)60-49(57)42-32-25-20-27-35-46-56(51-50(52(58)53(51)59)54-43-33-36-44-55(5)6)45-34-26-19-22-29-39-47(37-10-4)38-28-21-16-13-9-3/h47-48,54H,7-46H2,1-6H3. The van der Waals surface area contributed by atoms with Crippen molar-refractivity contribution < 1.29 is 9.53 Å². The predicted molar refractivity (Wildman–Crippen MR) is 263 cm³/mol. The minimum absolute atomic E-state index is 0.0106. The summed E-state index contributed by atoms with van der Waals surface area (Å²) in [6.45, 7) is 12.5. The van der Waals surface area contributed by atoms with Crippen LogP contribution >= 0.6 is 0 Å². The van der Waals surface area contributed by atoms with E-state index < -0.39 is 0 Å². The summed E-state index contributed by atoms with van der Waals surface area (Å²) in [7, 11) is 4.16. The van der Waals surface area contributed by atoms with E-state index in [0.717, 1.165) is 96.3 Å². The van der Waals surface area contributed by atoms with Crippen molar-refractivity contribution in [2.75, 3.05) is 50.5 Å². The Labute approximate surface area is 372 Å². The van der Waals surface area contributed by atoms with Crippen LogP contribution in [0, 0.1) is 5.92 Å². The summed E-state index contributed by atoms with van der Waals surface area (Å²) in [5, 5.41) is 3.36. The van der Waals surface area contributed by atoms with Gasteiger partial charge in [-0.25, -0.2) is 0 Å². The zero-order valence-electron chi connectivity index (χ0n) is 41.0. The summed E-state index contributed by atoms with van der Waals surface area (Å²) in [4.78, 5) is 43.1. The summed E-state index contributed by atoms with van der Waals surface area (Å²) >= 11 is 0. The average molecular weight is 844 g/mol. The number of rotatable bonds is 46. The molecule has 0 bridgehead atoms. The molecular formula is C53H101N3O4. The van der Waals surface area contributed by atoms with Crippen molar-refractivity contribution in [1.82, 2.24) is 4.90 Å². The van der Waals surface area contributed by atoms with Gasteiger partial charge in [-0.3, -0.25) is 14.4 Å². The molecule has 0 saturated heterocycles. The number of anilines is 2. The van der Waals surface area contributed by atoms with Gasteiger partial charge in [0.25, 0.3) is 10.9 Å². The number of nitrogens with one attached hydrogen (secondary N) is 1. The van der Waals surface area contributed by atoms with Gasteiger partial charge in [-0.2, -0.15) is 0 Å². The molecule has 7 nitrogen and oxygen atoms in total. The van der Waals surface area contributed by atoms with Gasteiger partial charge in [0.05, 0.1) is 0 Å². The number of esters is 1. The predicted octanol–water partition coefficient (Wildman–Crippen LogP) is 14.7. The molecule has 1 rings (SSSR count). The van der Waals surface area contributed by atoms with E-state index in [9.17, 15) is 14.4 Å². The van der Waals surface area contributed by atoms with Crippen molar-refractivity contribution in [2.45, 2.75) is 265 Å². The Balaban J connectivity index is 2.58. The molecule has 0 amide bonds. The van der Waals surface area contributed by atoms with Gasteiger partial charge in [0.1, 0.15) is 17.5 Å². The first-order valence-electron chi connectivity index (χ1n) is 26.4. The maximum absolute atomic E-state index is 13.0. The molecule has 0 spiro atoms. The van der Waals surface area contributed by atoms with Crippen molar-refractivity contribution in [3.05, 3.63) is 20.4 Å².